The van der Waals surface area contributed by atoms with Gasteiger partial charge in [-0.05, 0) is 62.3 Å². The van der Waals surface area contributed by atoms with Gasteiger partial charge in [-0.2, -0.15) is 0 Å². The second-order valence-corrected chi connectivity index (χ2v) is 9.71. The van der Waals surface area contributed by atoms with Gasteiger partial charge in [0, 0.05) is 6.04 Å². The van der Waals surface area contributed by atoms with Crippen molar-refractivity contribution in [3.63, 3.8) is 0 Å². The van der Waals surface area contributed by atoms with E-state index >= 15 is 0 Å². The second kappa shape index (κ2) is 7.82. The molecule has 0 aliphatic heterocycles. The Morgan fingerprint density at radius 2 is 2.04 bits per heavy atom. The van der Waals surface area contributed by atoms with Gasteiger partial charge in [-0.1, -0.05) is 19.9 Å². The lowest BCUT2D eigenvalue weighted by Crippen LogP contribution is -2.37. The average molecular weight is 385 g/mol. The SMILES string of the molecule is CC(C)NCCCS(=O)(=O)NC1(c2ccc(F)c(OCC3CC3)c2)CC1. The van der Waals surface area contributed by atoms with Gasteiger partial charge in [-0.25, -0.2) is 17.5 Å². The molecule has 2 N–H and O–H groups in total. The molecule has 2 fully saturated rings. The van der Waals surface area contributed by atoms with Gasteiger partial charge in [0.2, 0.25) is 10.0 Å². The van der Waals surface area contributed by atoms with Gasteiger partial charge in [-0.3, -0.25) is 0 Å². The van der Waals surface area contributed by atoms with Crippen LogP contribution in [0.5, 0.6) is 5.75 Å². The van der Waals surface area contributed by atoms with Crippen LogP contribution in [0.4, 0.5) is 4.39 Å². The fraction of sp³-hybridized carbons (Fsp3) is 0.684. The van der Waals surface area contributed by atoms with Gasteiger partial charge in [0.25, 0.3) is 0 Å². The highest BCUT2D eigenvalue weighted by Gasteiger charge is 2.47. The van der Waals surface area contributed by atoms with Crippen molar-refractivity contribution in [3.8, 4) is 5.75 Å². The molecule has 0 radical (unpaired) electrons. The minimum absolute atomic E-state index is 0.0840. The monoisotopic (exact) mass is 384 g/mol. The zero-order valence-electron chi connectivity index (χ0n) is 15.6. The lowest BCUT2D eigenvalue weighted by atomic mass is 10.1. The second-order valence-electron chi connectivity index (χ2n) is 7.86. The molecule has 0 bridgehead atoms. The smallest absolute Gasteiger partial charge is 0.212 e. The average Bonchev–Trinajstić information content (AvgIpc) is 3.47. The molecule has 1 aromatic carbocycles. The number of hydrogen-bond acceptors (Lipinski definition) is 4. The van der Waals surface area contributed by atoms with E-state index in [-0.39, 0.29) is 11.5 Å². The molecule has 0 spiro atoms. The highest BCUT2D eigenvalue weighted by atomic mass is 32.2. The van der Waals surface area contributed by atoms with Crippen molar-refractivity contribution in [2.75, 3.05) is 18.9 Å². The van der Waals surface area contributed by atoms with E-state index in [9.17, 15) is 12.8 Å². The van der Waals surface area contributed by atoms with Gasteiger partial charge in [0.1, 0.15) is 0 Å². The van der Waals surface area contributed by atoms with Crippen LogP contribution < -0.4 is 14.8 Å². The number of nitrogens with one attached hydrogen (secondary N) is 2. The number of sulfonamides is 1. The van der Waals surface area contributed by atoms with E-state index in [1.165, 1.54) is 6.07 Å². The third-order valence-corrected chi connectivity index (χ3v) is 6.43. The van der Waals surface area contributed by atoms with Crippen molar-refractivity contribution in [2.45, 2.75) is 57.5 Å². The van der Waals surface area contributed by atoms with E-state index < -0.39 is 21.4 Å². The number of hydrogen-bond donors (Lipinski definition) is 2. The summed E-state index contributed by atoms with van der Waals surface area (Å²) in [5.41, 5.74) is 0.184. The maximum atomic E-state index is 14.0. The summed E-state index contributed by atoms with van der Waals surface area (Å²) in [7, 11) is -3.39. The maximum absolute atomic E-state index is 14.0. The summed E-state index contributed by atoms with van der Waals surface area (Å²) in [6, 6.07) is 5.04. The zero-order valence-corrected chi connectivity index (χ0v) is 16.4. The van der Waals surface area contributed by atoms with Crippen molar-refractivity contribution < 1.29 is 17.5 Å². The molecule has 0 aromatic heterocycles. The van der Waals surface area contributed by atoms with E-state index in [1.807, 2.05) is 13.8 Å². The summed E-state index contributed by atoms with van der Waals surface area (Å²) >= 11 is 0. The van der Waals surface area contributed by atoms with Gasteiger partial charge in [0.05, 0.1) is 17.9 Å². The van der Waals surface area contributed by atoms with Crippen LogP contribution in [0.3, 0.4) is 0 Å². The largest absolute Gasteiger partial charge is 0.490 e. The summed E-state index contributed by atoms with van der Waals surface area (Å²) in [6.45, 7) is 5.26. The summed E-state index contributed by atoms with van der Waals surface area (Å²) < 4.78 is 47.3. The van der Waals surface area contributed by atoms with Crippen LogP contribution in [0.2, 0.25) is 0 Å². The number of halogens is 1. The Morgan fingerprint density at radius 1 is 1.31 bits per heavy atom. The molecule has 0 atom stereocenters. The van der Waals surface area contributed by atoms with E-state index in [1.54, 1.807) is 12.1 Å². The molecule has 0 heterocycles. The first-order valence-electron chi connectivity index (χ1n) is 9.47. The highest BCUT2D eigenvalue weighted by Crippen LogP contribution is 2.47. The fourth-order valence-electron chi connectivity index (χ4n) is 2.98. The molecule has 5 nitrogen and oxygen atoms in total. The van der Waals surface area contributed by atoms with Crippen LogP contribution in [-0.2, 0) is 15.6 Å². The summed E-state index contributed by atoms with van der Waals surface area (Å²) in [5.74, 6) is 0.445. The van der Waals surface area contributed by atoms with E-state index in [0.717, 1.165) is 31.2 Å². The predicted molar refractivity (Wildman–Crippen MR) is 100 cm³/mol. The predicted octanol–water partition coefficient (Wildman–Crippen LogP) is 2.91. The number of benzene rings is 1. The Kier molecular flexibility index (Phi) is 5.89. The standard InChI is InChI=1S/C19H29FN2O3S/c1-14(2)21-10-3-11-26(23,24)22-19(8-9-19)16-6-7-17(20)18(12-16)25-13-15-4-5-15/h6-7,12,14-15,21-22H,3-5,8-11,13H2,1-2H3. The summed E-state index contributed by atoms with van der Waals surface area (Å²) in [4.78, 5) is 0. The Morgan fingerprint density at radius 3 is 2.65 bits per heavy atom. The topological polar surface area (TPSA) is 67.4 Å². The molecule has 7 heteroatoms. The molecule has 2 aliphatic rings. The van der Waals surface area contributed by atoms with Gasteiger partial charge in [0.15, 0.2) is 11.6 Å². The first-order valence-corrected chi connectivity index (χ1v) is 11.1. The van der Waals surface area contributed by atoms with Gasteiger partial charge in [-0.15, -0.1) is 0 Å². The van der Waals surface area contributed by atoms with Gasteiger partial charge < -0.3 is 10.1 Å². The minimum Gasteiger partial charge on any atom is -0.490 e. The Balaban J connectivity index is 1.61. The van der Waals surface area contributed by atoms with Crippen LogP contribution in [0.1, 0.15) is 51.5 Å². The molecule has 0 unspecified atom stereocenters. The maximum Gasteiger partial charge on any atom is 0.212 e. The first kappa shape index (κ1) is 19.6. The van der Waals surface area contributed by atoms with Crippen molar-refractivity contribution >= 4 is 10.0 Å². The van der Waals surface area contributed by atoms with Crippen molar-refractivity contribution in [3.05, 3.63) is 29.6 Å². The molecule has 0 amide bonds. The summed E-state index contributed by atoms with van der Waals surface area (Å²) in [5, 5.41) is 3.22. The summed E-state index contributed by atoms with van der Waals surface area (Å²) in [6.07, 6.45) is 4.28. The first-order chi connectivity index (χ1) is 12.3. The van der Waals surface area contributed by atoms with Crippen molar-refractivity contribution in [1.29, 1.82) is 0 Å². The van der Waals surface area contributed by atoms with Crippen molar-refractivity contribution in [2.24, 2.45) is 5.92 Å². The van der Waals surface area contributed by atoms with E-state index in [0.29, 0.717) is 31.5 Å². The van der Waals surface area contributed by atoms with E-state index in [4.69, 9.17) is 4.74 Å². The normalized spacial score (nSPS) is 18.9. The fourth-order valence-corrected chi connectivity index (χ4v) is 4.52. The molecular weight excluding hydrogens is 355 g/mol. The Bertz CT molecular complexity index is 728. The third kappa shape index (κ3) is 5.41. The molecular formula is C19H29FN2O3S. The molecule has 2 aliphatic carbocycles. The minimum atomic E-state index is -3.39. The van der Waals surface area contributed by atoms with Crippen LogP contribution in [0.25, 0.3) is 0 Å². The highest BCUT2D eigenvalue weighted by molar-refractivity contribution is 7.89. The zero-order chi connectivity index (χ0) is 18.8. The number of ether oxygens (including phenoxy) is 1. The molecule has 0 saturated heterocycles. The van der Waals surface area contributed by atoms with Crippen LogP contribution in [0, 0.1) is 11.7 Å². The third-order valence-electron chi connectivity index (χ3n) is 4.90. The van der Waals surface area contributed by atoms with Crippen LogP contribution in [-0.4, -0.2) is 33.4 Å². The lowest BCUT2D eigenvalue weighted by molar-refractivity contribution is 0.284. The molecule has 26 heavy (non-hydrogen) atoms. The van der Waals surface area contributed by atoms with Crippen LogP contribution >= 0.6 is 0 Å². The van der Waals surface area contributed by atoms with Gasteiger partial charge >= 0.3 is 0 Å². The van der Waals surface area contributed by atoms with Crippen LogP contribution in [0.15, 0.2) is 18.2 Å². The molecule has 146 valence electrons. The molecule has 1 aromatic rings. The quantitative estimate of drug-likeness (QED) is 0.576. The number of rotatable bonds is 11. The van der Waals surface area contributed by atoms with E-state index in [2.05, 4.69) is 10.0 Å². The lowest BCUT2D eigenvalue weighted by Gasteiger charge is -2.19. The Hall–Kier alpha value is -1.18. The molecule has 3 rings (SSSR count). The Labute approximate surface area is 155 Å². The molecule has 2 saturated carbocycles. The van der Waals surface area contributed by atoms with Crippen molar-refractivity contribution in [1.82, 2.24) is 10.0 Å².